The Labute approximate surface area is 231 Å². The molecule has 0 radical (unpaired) electrons. The second kappa shape index (κ2) is 11.2. The number of thioether (sulfide) groups is 1. The highest BCUT2D eigenvalue weighted by Gasteiger charge is 2.23. The number of ether oxygens (including phenoxy) is 1. The van der Waals surface area contributed by atoms with Crippen LogP contribution in [0.25, 0.3) is 15.9 Å². The molecule has 5 rings (SSSR count). The van der Waals surface area contributed by atoms with Gasteiger partial charge in [-0.2, -0.15) is 5.10 Å². The molecule has 1 aliphatic rings. The van der Waals surface area contributed by atoms with Crippen LogP contribution in [0.5, 0.6) is 5.75 Å². The second-order valence-corrected chi connectivity index (χ2v) is 11.6. The summed E-state index contributed by atoms with van der Waals surface area (Å²) in [7, 11) is 1.60. The van der Waals surface area contributed by atoms with Gasteiger partial charge >= 0.3 is 0 Å². The lowest BCUT2D eigenvalue weighted by Crippen LogP contribution is -2.24. The fraction of sp³-hybridized carbons (Fsp3) is 0.259. The number of fused-ring (bicyclic) bond motifs is 3. The number of thiophene rings is 1. The summed E-state index contributed by atoms with van der Waals surface area (Å²) in [5, 5.41) is 5.42. The lowest BCUT2D eigenvalue weighted by Gasteiger charge is -2.14. The molecule has 1 aliphatic carbocycles. The summed E-state index contributed by atoms with van der Waals surface area (Å²) >= 11 is 6.27. The molecule has 0 fully saturated rings. The third-order valence-corrected chi connectivity index (χ3v) is 8.83. The first-order chi connectivity index (χ1) is 17.9. The average Bonchev–Trinajstić information content (AvgIpc) is 3.29. The van der Waals surface area contributed by atoms with Crippen molar-refractivity contribution in [3.05, 3.63) is 79.4 Å². The van der Waals surface area contributed by atoms with Crippen LogP contribution in [0.4, 0.5) is 0 Å². The van der Waals surface area contributed by atoms with Gasteiger partial charge in [0, 0.05) is 9.35 Å². The molecule has 0 saturated carbocycles. The second-order valence-electron chi connectivity index (χ2n) is 8.66. The largest absolute Gasteiger partial charge is 0.497 e. The van der Waals surface area contributed by atoms with Crippen molar-refractivity contribution < 1.29 is 9.53 Å². The molecule has 190 valence electrons. The number of nitrogens with zero attached hydrogens (tertiary/aromatic N) is 3. The molecule has 0 saturated heterocycles. The van der Waals surface area contributed by atoms with Crippen molar-refractivity contribution in [2.45, 2.75) is 37.8 Å². The van der Waals surface area contributed by atoms with E-state index < -0.39 is 0 Å². The van der Waals surface area contributed by atoms with Gasteiger partial charge < -0.3 is 4.74 Å². The summed E-state index contributed by atoms with van der Waals surface area (Å²) in [6.07, 6.45) is 4.10. The number of amides is 1. The Morgan fingerprint density at radius 1 is 1.22 bits per heavy atom. The zero-order chi connectivity index (χ0) is 25.9. The standard InChI is InChI=1S/C27H25BrN4O3S2/c1-16(17-6-5-7-18(28)14-17)30-31-23(33)15-36-27-29-25-24(21-8-3-4-9-22(21)37-25)26(34)32(27)19-10-12-20(35-2)13-11-19/h5-7,10-14H,3-4,8-9,15H2,1-2H3,(H,31,33). The summed E-state index contributed by atoms with van der Waals surface area (Å²) in [6.45, 7) is 1.84. The smallest absolute Gasteiger partial charge is 0.267 e. The first kappa shape index (κ1) is 25.7. The maximum absolute atomic E-state index is 13.8. The highest BCUT2D eigenvalue weighted by atomic mass is 79.9. The summed E-state index contributed by atoms with van der Waals surface area (Å²) in [4.78, 5) is 33.4. The molecule has 0 bridgehead atoms. The van der Waals surface area contributed by atoms with E-state index in [1.165, 1.54) is 16.6 Å². The Hall–Kier alpha value is -2.95. The van der Waals surface area contributed by atoms with Gasteiger partial charge in [0.25, 0.3) is 11.5 Å². The molecule has 1 N–H and O–H groups in total. The molecule has 2 heterocycles. The van der Waals surface area contributed by atoms with Crippen LogP contribution in [0.3, 0.4) is 0 Å². The highest BCUT2D eigenvalue weighted by molar-refractivity contribution is 9.10. The molecule has 10 heteroatoms. The van der Waals surface area contributed by atoms with Crippen LogP contribution >= 0.6 is 39.0 Å². The summed E-state index contributed by atoms with van der Waals surface area (Å²) in [5.41, 5.74) is 5.94. The van der Waals surface area contributed by atoms with Crippen LogP contribution in [0, 0.1) is 0 Å². The third-order valence-electron chi connectivity index (χ3n) is 6.21. The van der Waals surface area contributed by atoms with Crippen molar-refractivity contribution in [2.75, 3.05) is 12.9 Å². The van der Waals surface area contributed by atoms with Gasteiger partial charge in [-0.1, -0.05) is 39.8 Å². The Morgan fingerprint density at radius 3 is 2.76 bits per heavy atom. The van der Waals surface area contributed by atoms with Crippen LogP contribution in [0.15, 0.2) is 68.1 Å². The van der Waals surface area contributed by atoms with E-state index in [4.69, 9.17) is 9.72 Å². The van der Waals surface area contributed by atoms with E-state index in [2.05, 4.69) is 26.5 Å². The van der Waals surface area contributed by atoms with Crippen molar-refractivity contribution in [2.24, 2.45) is 5.10 Å². The zero-order valence-corrected chi connectivity index (χ0v) is 23.6. The van der Waals surface area contributed by atoms with Crippen molar-refractivity contribution in [1.29, 1.82) is 0 Å². The molecule has 7 nitrogen and oxygen atoms in total. The van der Waals surface area contributed by atoms with E-state index in [-0.39, 0.29) is 17.2 Å². The minimum absolute atomic E-state index is 0.0639. The Kier molecular flexibility index (Phi) is 7.78. The topological polar surface area (TPSA) is 85.6 Å². The molecule has 2 aromatic carbocycles. The van der Waals surface area contributed by atoms with Crippen LogP contribution in [-0.4, -0.2) is 34.0 Å². The van der Waals surface area contributed by atoms with Gasteiger partial charge in [0.15, 0.2) is 5.16 Å². The molecule has 37 heavy (non-hydrogen) atoms. The van der Waals surface area contributed by atoms with Gasteiger partial charge in [-0.3, -0.25) is 14.2 Å². The number of aromatic nitrogens is 2. The predicted octanol–water partition coefficient (Wildman–Crippen LogP) is 5.73. The number of rotatable bonds is 7. The number of benzene rings is 2. The first-order valence-electron chi connectivity index (χ1n) is 11.9. The van der Waals surface area contributed by atoms with E-state index in [0.29, 0.717) is 27.7 Å². The highest BCUT2D eigenvalue weighted by Crippen LogP contribution is 2.35. The third kappa shape index (κ3) is 5.51. The van der Waals surface area contributed by atoms with E-state index in [9.17, 15) is 9.59 Å². The summed E-state index contributed by atoms with van der Waals surface area (Å²) < 4.78 is 7.83. The Balaban J connectivity index is 1.45. The van der Waals surface area contributed by atoms with Gasteiger partial charge in [-0.15, -0.1) is 11.3 Å². The fourth-order valence-corrected chi connectivity index (χ4v) is 6.84. The normalized spacial score (nSPS) is 13.4. The number of halogens is 1. The Bertz CT molecular complexity index is 1560. The van der Waals surface area contributed by atoms with Gasteiger partial charge in [0.2, 0.25) is 0 Å². The van der Waals surface area contributed by atoms with Crippen LogP contribution in [0.1, 0.15) is 35.8 Å². The maximum Gasteiger partial charge on any atom is 0.267 e. The Morgan fingerprint density at radius 2 is 2.00 bits per heavy atom. The average molecular weight is 598 g/mol. The molecule has 4 aromatic rings. The lowest BCUT2D eigenvalue weighted by atomic mass is 9.97. The van der Waals surface area contributed by atoms with Gasteiger partial charge in [-0.05, 0) is 80.1 Å². The van der Waals surface area contributed by atoms with Gasteiger partial charge in [0.05, 0.1) is 29.6 Å². The number of aryl methyl sites for hydroxylation is 2. The number of hydrogen-bond acceptors (Lipinski definition) is 7. The number of carbonyl (C=O) groups is 1. The molecule has 0 spiro atoms. The quantitative estimate of drug-likeness (QED) is 0.127. The molecule has 0 unspecified atom stereocenters. The van der Waals surface area contributed by atoms with Gasteiger partial charge in [0.1, 0.15) is 10.6 Å². The van der Waals surface area contributed by atoms with E-state index >= 15 is 0 Å². The van der Waals surface area contributed by atoms with E-state index in [1.54, 1.807) is 23.0 Å². The van der Waals surface area contributed by atoms with Crippen molar-refractivity contribution in [3.8, 4) is 11.4 Å². The SMILES string of the molecule is COc1ccc(-n2c(SCC(=O)NN=C(C)c3cccc(Br)c3)nc3sc4c(c3c2=O)CCCC4)cc1. The zero-order valence-electron chi connectivity index (χ0n) is 20.4. The van der Waals surface area contributed by atoms with Gasteiger partial charge in [-0.25, -0.2) is 10.4 Å². The minimum Gasteiger partial charge on any atom is -0.497 e. The minimum atomic E-state index is -0.277. The monoisotopic (exact) mass is 596 g/mol. The number of hydrogen-bond donors (Lipinski definition) is 1. The predicted molar refractivity (Wildman–Crippen MR) is 154 cm³/mol. The molecule has 1 amide bonds. The van der Waals surface area contributed by atoms with Crippen LogP contribution < -0.4 is 15.7 Å². The number of nitrogens with one attached hydrogen (secondary N) is 1. The van der Waals surface area contributed by atoms with Crippen LogP contribution in [0.2, 0.25) is 0 Å². The fourth-order valence-electron chi connectivity index (χ4n) is 4.33. The number of hydrazone groups is 1. The summed E-state index contributed by atoms with van der Waals surface area (Å²) in [6, 6.07) is 15.0. The van der Waals surface area contributed by atoms with E-state index in [1.807, 2.05) is 55.5 Å². The number of carbonyl (C=O) groups excluding carboxylic acids is 1. The summed E-state index contributed by atoms with van der Waals surface area (Å²) in [5.74, 6) is 0.487. The molecule has 2 aromatic heterocycles. The molecule has 0 aliphatic heterocycles. The van der Waals surface area contributed by atoms with Crippen molar-refractivity contribution >= 4 is 60.9 Å². The van der Waals surface area contributed by atoms with E-state index in [0.717, 1.165) is 46.1 Å². The number of methoxy groups -OCH3 is 1. The van der Waals surface area contributed by atoms with Crippen molar-refractivity contribution in [1.82, 2.24) is 15.0 Å². The molecule has 0 atom stereocenters. The first-order valence-corrected chi connectivity index (χ1v) is 14.5. The van der Waals surface area contributed by atoms with Crippen molar-refractivity contribution in [3.63, 3.8) is 0 Å². The molecular weight excluding hydrogens is 572 g/mol. The van der Waals surface area contributed by atoms with Crippen LogP contribution in [-0.2, 0) is 17.6 Å². The lowest BCUT2D eigenvalue weighted by molar-refractivity contribution is -0.118. The molecular formula is C27H25BrN4O3S2. The maximum atomic E-state index is 13.8.